The van der Waals surface area contributed by atoms with E-state index in [1.165, 1.54) is 37.8 Å². The third-order valence-electron chi connectivity index (χ3n) is 4.86. The second kappa shape index (κ2) is 12.1. The number of benzene rings is 1. The summed E-state index contributed by atoms with van der Waals surface area (Å²) in [4.78, 5) is 15.6. The number of hydrogen-bond acceptors (Lipinski definition) is 4. The van der Waals surface area contributed by atoms with Crippen LogP contribution >= 0.6 is 0 Å². The van der Waals surface area contributed by atoms with Crippen molar-refractivity contribution in [2.75, 3.05) is 0 Å². The van der Waals surface area contributed by atoms with E-state index in [9.17, 15) is 15.0 Å². The molecule has 0 aliphatic heterocycles. The average Bonchev–Trinajstić information content (AvgIpc) is 2.74. The van der Waals surface area contributed by atoms with Crippen molar-refractivity contribution in [1.82, 2.24) is 4.98 Å². The Hall–Kier alpha value is -2.50. The van der Waals surface area contributed by atoms with Gasteiger partial charge < -0.3 is 15.3 Å². The first-order chi connectivity index (χ1) is 14.0. The largest absolute Gasteiger partial charge is 0.478 e. The van der Waals surface area contributed by atoms with Gasteiger partial charge in [0.25, 0.3) is 0 Å². The Balaban J connectivity index is 1.94. The Morgan fingerprint density at radius 2 is 1.76 bits per heavy atom. The Morgan fingerprint density at radius 1 is 1.03 bits per heavy atom. The van der Waals surface area contributed by atoms with Gasteiger partial charge in [0, 0.05) is 0 Å². The van der Waals surface area contributed by atoms with E-state index in [-0.39, 0.29) is 5.56 Å². The minimum Gasteiger partial charge on any atom is -0.478 e. The van der Waals surface area contributed by atoms with Gasteiger partial charge in [-0.3, -0.25) is 4.98 Å². The minimum absolute atomic E-state index is 0.121. The first-order valence-electron chi connectivity index (χ1n) is 10.4. The maximum Gasteiger partial charge on any atom is 0.335 e. The Kier molecular flexibility index (Phi) is 9.54. The molecule has 5 heteroatoms. The van der Waals surface area contributed by atoms with E-state index in [0.717, 1.165) is 19.3 Å². The lowest BCUT2D eigenvalue weighted by Gasteiger charge is -2.12. The number of aliphatic hydroxyl groups excluding tert-OH is 2. The van der Waals surface area contributed by atoms with Crippen molar-refractivity contribution < 1.29 is 20.1 Å². The molecular formula is C24H31NO4. The highest BCUT2D eigenvalue weighted by atomic mass is 16.4. The van der Waals surface area contributed by atoms with Crippen LogP contribution in [-0.2, 0) is 0 Å². The fourth-order valence-corrected chi connectivity index (χ4v) is 3.17. The summed E-state index contributed by atoms with van der Waals surface area (Å²) >= 11 is 0. The highest BCUT2D eigenvalue weighted by Gasteiger charge is 2.14. The topological polar surface area (TPSA) is 90.7 Å². The molecule has 0 fully saturated rings. The molecule has 0 saturated heterocycles. The van der Waals surface area contributed by atoms with Gasteiger partial charge in [0.15, 0.2) is 0 Å². The van der Waals surface area contributed by atoms with Crippen LogP contribution in [0.15, 0.2) is 48.5 Å². The number of pyridine rings is 1. The Bertz CT molecular complexity index is 803. The van der Waals surface area contributed by atoms with E-state index in [2.05, 4.69) is 11.9 Å². The monoisotopic (exact) mass is 397 g/mol. The lowest BCUT2D eigenvalue weighted by molar-refractivity contribution is 0.0696. The molecule has 3 N–H and O–H groups in total. The van der Waals surface area contributed by atoms with E-state index in [1.54, 1.807) is 42.5 Å². The first-order valence-corrected chi connectivity index (χ1v) is 10.4. The second-order valence-corrected chi connectivity index (χ2v) is 7.30. The molecule has 2 rings (SSSR count). The summed E-state index contributed by atoms with van der Waals surface area (Å²) < 4.78 is 0. The lowest BCUT2D eigenvalue weighted by atomic mass is 10.0. The van der Waals surface area contributed by atoms with Crippen molar-refractivity contribution in [2.45, 2.75) is 64.1 Å². The quantitative estimate of drug-likeness (QED) is 0.439. The van der Waals surface area contributed by atoms with Gasteiger partial charge in [-0.2, -0.15) is 0 Å². The third-order valence-corrected chi connectivity index (χ3v) is 4.86. The number of carbonyl (C=O) groups is 1. The lowest BCUT2D eigenvalue weighted by Crippen LogP contribution is -2.05. The fraction of sp³-hybridized carbons (Fsp3) is 0.417. The Morgan fingerprint density at radius 3 is 2.52 bits per heavy atom. The van der Waals surface area contributed by atoms with Gasteiger partial charge in [0.05, 0.1) is 23.1 Å². The fourth-order valence-electron chi connectivity index (χ4n) is 3.17. The second-order valence-electron chi connectivity index (χ2n) is 7.30. The van der Waals surface area contributed by atoms with Crippen LogP contribution < -0.4 is 0 Å². The summed E-state index contributed by atoms with van der Waals surface area (Å²) in [6.07, 6.45) is 9.81. The number of unbranched alkanes of at least 4 members (excludes halogenated alkanes) is 5. The van der Waals surface area contributed by atoms with Crippen LogP contribution in [0.1, 0.15) is 85.3 Å². The van der Waals surface area contributed by atoms with Gasteiger partial charge in [-0.05, 0) is 42.3 Å². The number of carboxylic acids is 1. The van der Waals surface area contributed by atoms with Crippen LogP contribution in [0.2, 0.25) is 0 Å². The number of aliphatic hydroxyl groups is 2. The molecule has 1 heterocycles. The van der Waals surface area contributed by atoms with Crippen LogP contribution in [0.25, 0.3) is 6.08 Å². The summed E-state index contributed by atoms with van der Waals surface area (Å²) in [5.74, 6) is -1.04. The maximum atomic E-state index is 11.1. The van der Waals surface area contributed by atoms with Gasteiger partial charge in [-0.15, -0.1) is 0 Å². The van der Waals surface area contributed by atoms with Crippen LogP contribution in [-0.4, -0.2) is 32.4 Å². The molecule has 29 heavy (non-hydrogen) atoms. The minimum atomic E-state index is -1.04. The highest BCUT2D eigenvalue weighted by Crippen LogP contribution is 2.22. The van der Waals surface area contributed by atoms with Crippen molar-refractivity contribution in [2.24, 2.45) is 0 Å². The van der Waals surface area contributed by atoms with E-state index in [0.29, 0.717) is 17.0 Å². The zero-order chi connectivity index (χ0) is 21.1. The maximum absolute atomic E-state index is 11.1. The SMILES string of the molecule is CCCCCCCCC(O)/C=C/c1cccc(C(O)c2cccc(C(=O)O)c2)n1. The van der Waals surface area contributed by atoms with Crippen LogP contribution in [0.5, 0.6) is 0 Å². The van der Waals surface area contributed by atoms with E-state index < -0.39 is 18.2 Å². The van der Waals surface area contributed by atoms with Crippen molar-refractivity contribution in [1.29, 1.82) is 0 Å². The number of hydrogen-bond donors (Lipinski definition) is 3. The molecule has 0 radical (unpaired) electrons. The molecule has 0 aliphatic rings. The molecule has 2 atom stereocenters. The zero-order valence-electron chi connectivity index (χ0n) is 17.0. The molecule has 0 aliphatic carbocycles. The normalized spacial score (nSPS) is 13.5. The van der Waals surface area contributed by atoms with Gasteiger partial charge in [0.2, 0.25) is 0 Å². The Labute approximate surface area is 172 Å². The van der Waals surface area contributed by atoms with Gasteiger partial charge in [0.1, 0.15) is 6.10 Å². The highest BCUT2D eigenvalue weighted by molar-refractivity contribution is 5.87. The molecule has 0 saturated carbocycles. The van der Waals surface area contributed by atoms with Crippen LogP contribution in [0, 0.1) is 0 Å². The van der Waals surface area contributed by atoms with Crippen molar-refractivity contribution in [3.8, 4) is 0 Å². The molecule has 156 valence electrons. The predicted octanol–water partition coefficient (Wildman–Crippen LogP) is 4.99. The summed E-state index contributed by atoms with van der Waals surface area (Å²) in [5.41, 5.74) is 1.66. The molecule has 0 spiro atoms. The smallest absolute Gasteiger partial charge is 0.335 e. The van der Waals surface area contributed by atoms with E-state index >= 15 is 0 Å². The standard InChI is InChI=1S/C24H31NO4/c1-2-3-4-5-6-7-13-21(26)16-15-20-12-9-14-22(25-20)23(27)18-10-8-11-19(17-18)24(28)29/h8-12,14-17,21,23,26-27H,2-7,13H2,1H3,(H,28,29)/b16-15+. The summed E-state index contributed by atoms with van der Waals surface area (Å²) in [6.45, 7) is 2.20. The number of nitrogens with zero attached hydrogens (tertiary/aromatic N) is 1. The molecular weight excluding hydrogens is 366 g/mol. The molecule has 2 aromatic rings. The average molecular weight is 398 g/mol. The number of rotatable bonds is 12. The van der Waals surface area contributed by atoms with E-state index in [1.807, 2.05) is 0 Å². The van der Waals surface area contributed by atoms with Gasteiger partial charge in [-0.25, -0.2) is 4.79 Å². The molecule has 5 nitrogen and oxygen atoms in total. The third kappa shape index (κ3) is 7.80. The first kappa shape index (κ1) is 22.8. The summed E-state index contributed by atoms with van der Waals surface area (Å²) in [6, 6.07) is 11.5. The van der Waals surface area contributed by atoms with Crippen LogP contribution in [0.4, 0.5) is 0 Å². The van der Waals surface area contributed by atoms with Crippen LogP contribution in [0.3, 0.4) is 0 Å². The van der Waals surface area contributed by atoms with Crippen molar-refractivity contribution >= 4 is 12.0 Å². The van der Waals surface area contributed by atoms with Crippen molar-refractivity contribution in [3.05, 3.63) is 71.1 Å². The predicted molar refractivity (Wildman–Crippen MR) is 115 cm³/mol. The summed E-state index contributed by atoms with van der Waals surface area (Å²) in [7, 11) is 0. The molecule has 0 amide bonds. The number of carboxylic acid groups (broad SMARTS) is 1. The molecule has 1 aromatic heterocycles. The number of aromatic nitrogens is 1. The van der Waals surface area contributed by atoms with Crippen molar-refractivity contribution in [3.63, 3.8) is 0 Å². The van der Waals surface area contributed by atoms with Gasteiger partial charge in [-0.1, -0.05) is 69.7 Å². The zero-order valence-corrected chi connectivity index (χ0v) is 17.0. The molecule has 1 aromatic carbocycles. The van der Waals surface area contributed by atoms with Gasteiger partial charge >= 0.3 is 5.97 Å². The molecule has 0 bridgehead atoms. The summed E-state index contributed by atoms with van der Waals surface area (Å²) in [5, 5.41) is 29.8. The number of aromatic carboxylic acids is 1. The molecule has 2 unspecified atom stereocenters. The van der Waals surface area contributed by atoms with E-state index in [4.69, 9.17) is 5.11 Å².